The number of carbonyl (C=O) groups excluding carboxylic acids is 3. The Morgan fingerprint density at radius 2 is 1.76 bits per heavy atom. The van der Waals surface area contributed by atoms with Gasteiger partial charge in [-0.05, 0) is 44.1 Å². The predicted molar refractivity (Wildman–Crippen MR) is 148 cm³/mol. The molecule has 6 N–H and O–H groups in total. The van der Waals surface area contributed by atoms with Gasteiger partial charge in [-0.25, -0.2) is 4.98 Å². The molecule has 4 atom stereocenters. The molecule has 3 aliphatic rings. The number of phenolic OH excluding ortho intramolecular Hbond substituents is 1. The Morgan fingerprint density at radius 1 is 1.10 bits per heavy atom. The van der Waals surface area contributed by atoms with E-state index in [2.05, 4.69) is 9.97 Å². The van der Waals surface area contributed by atoms with Gasteiger partial charge < -0.3 is 35.6 Å². The largest absolute Gasteiger partial charge is 0.508 e. The SMILES string of the molecule is COc1ncc(-c2ccc(O)c3c2C[C@@]2(C)C[C@@]4(C)[C@H](N(C)C)C(=O)C(C(N)=O)=C(O)[C@@]4(O)C(=O)C2=C3O)c(OC)n1. The third-order valence-corrected chi connectivity index (χ3v) is 8.91. The number of likely N-dealkylation sites (N-methyl/N-ethyl adjacent to an activating group) is 1. The van der Waals surface area contributed by atoms with Crippen molar-refractivity contribution in [3.05, 3.63) is 46.4 Å². The minimum absolute atomic E-state index is 0.0551. The summed E-state index contributed by atoms with van der Waals surface area (Å²) in [6, 6.07) is 1.75. The molecule has 1 aromatic carbocycles. The van der Waals surface area contributed by atoms with Crippen molar-refractivity contribution in [1.82, 2.24) is 14.9 Å². The molecule has 13 nitrogen and oxygen atoms in total. The van der Waals surface area contributed by atoms with Crippen molar-refractivity contribution in [2.75, 3.05) is 28.3 Å². The van der Waals surface area contributed by atoms with Crippen LogP contribution in [0.3, 0.4) is 0 Å². The van der Waals surface area contributed by atoms with Crippen LogP contribution in [-0.2, 0) is 20.8 Å². The van der Waals surface area contributed by atoms with Gasteiger partial charge >= 0.3 is 6.01 Å². The second-order valence-corrected chi connectivity index (χ2v) is 11.7. The molecule has 0 saturated heterocycles. The molecular weight excluding hydrogens is 548 g/mol. The number of methoxy groups -OCH3 is 2. The number of fused-ring (bicyclic) bond motifs is 3. The van der Waals surface area contributed by atoms with Crippen LogP contribution in [0.25, 0.3) is 16.9 Å². The minimum atomic E-state index is -2.79. The molecule has 0 radical (unpaired) electrons. The molecule has 222 valence electrons. The quantitative estimate of drug-likeness (QED) is 0.317. The highest BCUT2D eigenvalue weighted by atomic mass is 16.5. The van der Waals surface area contributed by atoms with Gasteiger partial charge in [-0.15, -0.1) is 0 Å². The van der Waals surface area contributed by atoms with Crippen LogP contribution in [0.2, 0.25) is 0 Å². The van der Waals surface area contributed by atoms with E-state index in [0.29, 0.717) is 16.7 Å². The number of ether oxygens (including phenoxy) is 2. The summed E-state index contributed by atoms with van der Waals surface area (Å²) >= 11 is 0. The number of aliphatic hydroxyl groups excluding tert-OH is 2. The molecule has 1 saturated carbocycles. The van der Waals surface area contributed by atoms with Crippen LogP contribution in [-0.4, -0.2) is 92.7 Å². The summed E-state index contributed by atoms with van der Waals surface area (Å²) in [6.07, 6.45) is 1.43. The number of Topliss-reactive ketones (excluding diaryl/α,β-unsaturated/α-hetero) is 2. The van der Waals surface area contributed by atoms with E-state index in [-0.39, 0.29) is 41.6 Å². The van der Waals surface area contributed by atoms with Crippen molar-refractivity contribution in [2.24, 2.45) is 16.6 Å². The van der Waals surface area contributed by atoms with E-state index in [0.717, 1.165) is 0 Å². The van der Waals surface area contributed by atoms with E-state index in [1.54, 1.807) is 27.1 Å². The van der Waals surface area contributed by atoms with Gasteiger partial charge in [0.05, 0.1) is 31.4 Å². The highest BCUT2D eigenvalue weighted by Crippen LogP contribution is 2.63. The fourth-order valence-electron chi connectivity index (χ4n) is 7.36. The first kappa shape index (κ1) is 29.0. The van der Waals surface area contributed by atoms with Crippen LogP contribution in [0.4, 0.5) is 0 Å². The van der Waals surface area contributed by atoms with Gasteiger partial charge in [-0.1, -0.05) is 19.9 Å². The first-order valence-corrected chi connectivity index (χ1v) is 13.0. The van der Waals surface area contributed by atoms with Gasteiger partial charge in [0.1, 0.15) is 22.8 Å². The van der Waals surface area contributed by atoms with E-state index in [9.17, 15) is 34.8 Å². The summed E-state index contributed by atoms with van der Waals surface area (Å²) in [6.45, 7) is 3.18. The number of aromatic hydroxyl groups is 1. The summed E-state index contributed by atoms with van der Waals surface area (Å²) in [7, 11) is 5.92. The number of ketones is 2. The second kappa shape index (κ2) is 9.26. The van der Waals surface area contributed by atoms with Gasteiger partial charge in [-0.3, -0.25) is 19.3 Å². The molecular formula is C29H32N4O9. The third kappa shape index (κ3) is 3.53. The molecule has 1 fully saturated rings. The number of amides is 1. The number of carbonyl (C=O) groups is 3. The number of nitrogens with two attached hydrogens (primary N) is 1. The van der Waals surface area contributed by atoms with E-state index < -0.39 is 57.0 Å². The zero-order chi connectivity index (χ0) is 31.1. The zero-order valence-corrected chi connectivity index (χ0v) is 24.0. The van der Waals surface area contributed by atoms with E-state index in [1.165, 1.54) is 38.3 Å². The van der Waals surface area contributed by atoms with Crippen LogP contribution >= 0.6 is 0 Å². The first-order valence-electron chi connectivity index (χ1n) is 13.0. The number of phenols is 1. The Hall–Kier alpha value is -4.49. The third-order valence-electron chi connectivity index (χ3n) is 8.91. The van der Waals surface area contributed by atoms with Crippen LogP contribution in [0.5, 0.6) is 17.6 Å². The van der Waals surface area contributed by atoms with Crippen LogP contribution in [0.1, 0.15) is 31.4 Å². The highest BCUT2D eigenvalue weighted by Gasteiger charge is 2.72. The number of primary amides is 1. The van der Waals surface area contributed by atoms with Crippen molar-refractivity contribution in [3.63, 3.8) is 0 Å². The maximum atomic E-state index is 14.4. The monoisotopic (exact) mass is 580 g/mol. The molecule has 0 spiro atoms. The summed E-state index contributed by atoms with van der Waals surface area (Å²) < 4.78 is 10.6. The molecule has 3 aliphatic carbocycles. The average molecular weight is 581 g/mol. The summed E-state index contributed by atoms with van der Waals surface area (Å²) in [4.78, 5) is 50.0. The maximum Gasteiger partial charge on any atom is 0.319 e. The standard InChI is InChI=1S/C29H32N4O9/c1-27-9-13-12(14-10-31-26(42-6)32-25(14)41-5)7-8-15(34)16(13)19(35)18(27)23(38)29(40)22(37)17(24(30)39)20(36)21(33(3)4)28(29,2)11-27/h7-8,10,21,34-35,37,40H,9,11H2,1-6H3,(H2,30,39)/t21-,27+,28+,29-/m1/s1. The average Bonchev–Trinajstić information content (AvgIpc) is 2.90. The molecule has 0 unspecified atom stereocenters. The Labute approximate surface area is 240 Å². The highest BCUT2D eigenvalue weighted by molar-refractivity contribution is 6.25. The van der Waals surface area contributed by atoms with Crippen molar-refractivity contribution >= 4 is 23.2 Å². The topological polar surface area (TPSA) is 206 Å². The maximum absolute atomic E-state index is 14.4. The predicted octanol–water partition coefficient (Wildman–Crippen LogP) is 1.22. The molecule has 42 heavy (non-hydrogen) atoms. The van der Waals surface area contributed by atoms with E-state index >= 15 is 0 Å². The number of benzene rings is 1. The van der Waals surface area contributed by atoms with Gasteiger partial charge in [0.2, 0.25) is 11.7 Å². The van der Waals surface area contributed by atoms with Crippen LogP contribution in [0.15, 0.2) is 35.2 Å². The van der Waals surface area contributed by atoms with E-state index in [4.69, 9.17) is 15.2 Å². The molecule has 5 rings (SSSR count). The normalized spacial score (nSPS) is 28.8. The van der Waals surface area contributed by atoms with Gasteiger partial charge in [0.25, 0.3) is 5.91 Å². The lowest BCUT2D eigenvalue weighted by Crippen LogP contribution is -2.72. The number of aliphatic hydroxyl groups is 3. The molecule has 13 heteroatoms. The van der Waals surface area contributed by atoms with Gasteiger partial charge in [0.15, 0.2) is 11.4 Å². The lowest BCUT2D eigenvalue weighted by Gasteiger charge is -2.59. The fourth-order valence-corrected chi connectivity index (χ4v) is 7.36. The summed E-state index contributed by atoms with van der Waals surface area (Å²) in [5.74, 6) is -5.19. The molecule has 0 aliphatic heterocycles. The fraction of sp³-hybridized carbons (Fsp3) is 0.414. The molecule has 1 amide bonds. The van der Waals surface area contributed by atoms with Crippen molar-refractivity contribution in [1.29, 1.82) is 0 Å². The zero-order valence-electron chi connectivity index (χ0n) is 24.0. The second-order valence-electron chi connectivity index (χ2n) is 11.7. The number of aromatic nitrogens is 2. The van der Waals surface area contributed by atoms with Crippen LogP contribution in [0, 0.1) is 10.8 Å². The van der Waals surface area contributed by atoms with Gasteiger partial charge in [-0.2, -0.15) is 4.98 Å². The lowest BCUT2D eigenvalue weighted by molar-refractivity contribution is -0.175. The van der Waals surface area contributed by atoms with Crippen molar-refractivity contribution < 1.29 is 44.3 Å². The Morgan fingerprint density at radius 3 is 2.33 bits per heavy atom. The molecule has 2 aromatic rings. The summed E-state index contributed by atoms with van der Waals surface area (Å²) in [5.41, 5.74) is -0.119. The van der Waals surface area contributed by atoms with Gasteiger partial charge in [0, 0.05) is 22.6 Å². The molecule has 0 bridgehead atoms. The first-order chi connectivity index (χ1) is 19.6. The van der Waals surface area contributed by atoms with E-state index in [1.807, 2.05) is 0 Å². The number of hydrogen-bond donors (Lipinski definition) is 5. The van der Waals surface area contributed by atoms with Crippen molar-refractivity contribution in [2.45, 2.75) is 38.3 Å². The number of hydrogen-bond acceptors (Lipinski definition) is 12. The Balaban J connectivity index is 1.82. The number of rotatable bonds is 5. The Kier molecular flexibility index (Phi) is 6.40. The Bertz CT molecular complexity index is 1650. The summed E-state index contributed by atoms with van der Waals surface area (Å²) in [5, 5.41) is 45.8. The lowest BCUT2D eigenvalue weighted by atomic mass is 9.46. The molecule has 1 aromatic heterocycles. The molecule has 1 heterocycles. The smallest absolute Gasteiger partial charge is 0.319 e. The number of nitrogens with zero attached hydrogens (tertiary/aromatic N) is 3. The van der Waals surface area contributed by atoms with Crippen molar-refractivity contribution in [3.8, 4) is 28.8 Å². The van der Waals surface area contributed by atoms with Crippen LogP contribution < -0.4 is 15.2 Å². The minimum Gasteiger partial charge on any atom is -0.508 e.